The summed E-state index contributed by atoms with van der Waals surface area (Å²) in [6.07, 6.45) is -5.42. The maximum absolute atomic E-state index is 12.7. The van der Waals surface area contributed by atoms with Crippen LogP contribution in [0.5, 0.6) is 11.6 Å². The number of aliphatic hydroxyl groups is 2. The molecule has 182 valence electrons. The van der Waals surface area contributed by atoms with Crippen molar-refractivity contribution in [2.24, 2.45) is 0 Å². The van der Waals surface area contributed by atoms with Crippen molar-refractivity contribution in [2.75, 3.05) is 6.61 Å². The Bertz CT molecular complexity index is 1320. The van der Waals surface area contributed by atoms with Crippen LogP contribution in [0, 0.1) is 0 Å². The fourth-order valence-corrected chi connectivity index (χ4v) is 3.59. The molecule has 2 atom stereocenters. The van der Waals surface area contributed by atoms with Gasteiger partial charge in [-0.25, -0.2) is 9.78 Å². The van der Waals surface area contributed by atoms with Crippen molar-refractivity contribution in [1.82, 2.24) is 9.55 Å². The second-order valence-electron chi connectivity index (χ2n) is 7.59. The van der Waals surface area contributed by atoms with Crippen LogP contribution < -0.4 is 4.74 Å². The van der Waals surface area contributed by atoms with Gasteiger partial charge in [0, 0.05) is 35.1 Å². The fraction of sp³-hybridized carbons (Fsp3) is 0.200. The lowest BCUT2D eigenvalue weighted by Crippen LogP contribution is -2.29. The Morgan fingerprint density at radius 1 is 1.06 bits per heavy atom. The van der Waals surface area contributed by atoms with Gasteiger partial charge in [0.15, 0.2) is 6.10 Å². The summed E-state index contributed by atoms with van der Waals surface area (Å²) in [5.41, 5.74) is 0.870. The number of halogens is 3. The van der Waals surface area contributed by atoms with Crippen molar-refractivity contribution in [3.63, 3.8) is 0 Å². The molecule has 7 nitrogen and oxygen atoms in total. The smallest absolute Gasteiger partial charge is 0.417 e. The first kappa shape index (κ1) is 24.2. The zero-order valence-corrected chi connectivity index (χ0v) is 18.4. The van der Waals surface area contributed by atoms with Crippen molar-refractivity contribution >= 4 is 16.9 Å². The van der Waals surface area contributed by atoms with Gasteiger partial charge < -0.3 is 24.3 Å². The summed E-state index contributed by atoms with van der Waals surface area (Å²) >= 11 is 0. The Hall–Kier alpha value is -3.89. The van der Waals surface area contributed by atoms with E-state index in [0.29, 0.717) is 28.6 Å². The highest BCUT2D eigenvalue weighted by molar-refractivity contribution is 5.87. The molecule has 0 amide bonds. The summed E-state index contributed by atoms with van der Waals surface area (Å²) in [5.74, 6) is -0.554. The zero-order chi connectivity index (χ0) is 25.2. The number of ether oxygens (including phenoxy) is 2. The molecule has 4 rings (SSSR count). The lowest BCUT2D eigenvalue weighted by atomic mass is 10.0. The second kappa shape index (κ2) is 9.77. The van der Waals surface area contributed by atoms with E-state index in [1.165, 1.54) is 0 Å². The molecule has 0 fully saturated rings. The SMILES string of the molecule is CCOC(=O)[C@@H](O)[C@H](O)c1cn(-c2ccc(Oc3ccc(C(F)(F)F)cn3)cc2)c2ccccc12. The Labute approximate surface area is 198 Å². The van der Waals surface area contributed by atoms with E-state index >= 15 is 0 Å². The molecule has 10 heteroatoms. The first-order valence-corrected chi connectivity index (χ1v) is 10.6. The number of esters is 1. The molecule has 2 heterocycles. The fourth-order valence-electron chi connectivity index (χ4n) is 3.59. The zero-order valence-electron chi connectivity index (χ0n) is 18.4. The van der Waals surface area contributed by atoms with E-state index in [1.54, 1.807) is 54.1 Å². The van der Waals surface area contributed by atoms with Crippen molar-refractivity contribution in [3.05, 3.63) is 84.2 Å². The molecule has 0 saturated carbocycles. The highest BCUT2D eigenvalue weighted by Crippen LogP contribution is 2.33. The molecule has 0 spiro atoms. The van der Waals surface area contributed by atoms with Crippen LogP contribution in [0.15, 0.2) is 73.1 Å². The number of fused-ring (bicyclic) bond motifs is 1. The highest BCUT2D eigenvalue weighted by Gasteiger charge is 2.31. The van der Waals surface area contributed by atoms with Crippen LogP contribution in [-0.4, -0.2) is 38.4 Å². The minimum Gasteiger partial charge on any atom is -0.464 e. The lowest BCUT2D eigenvalue weighted by Gasteiger charge is -2.15. The van der Waals surface area contributed by atoms with E-state index in [1.807, 2.05) is 12.1 Å². The van der Waals surface area contributed by atoms with Crippen LogP contribution in [0.25, 0.3) is 16.6 Å². The third-order valence-corrected chi connectivity index (χ3v) is 5.29. The average Bonchev–Trinajstić information content (AvgIpc) is 3.23. The third kappa shape index (κ3) is 5.13. The van der Waals surface area contributed by atoms with Crippen molar-refractivity contribution in [1.29, 1.82) is 0 Å². The molecule has 0 bridgehead atoms. The van der Waals surface area contributed by atoms with Gasteiger partial charge in [-0.2, -0.15) is 13.2 Å². The summed E-state index contributed by atoms with van der Waals surface area (Å²) in [7, 11) is 0. The molecule has 0 radical (unpaired) electrons. The molecule has 4 aromatic rings. The molecule has 0 aliphatic rings. The number of aromatic nitrogens is 2. The molecule has 2 aromatic heterocycles. The number of benzene rings is 2. The van der Waals surface area contributed by atoms with Gasteiger partial charge in [0.25, 0.3) is 0 Å². The summed E-state index contributed by atoms with van der Waals surface area (Å²) in [5, 5.41) is 21.5. The molecule has 35 heavy (non-hydrogen) atoms. The number of pyridine rings is 1. The van der Waals surface area contributed by atoms with Crippen LogP contribution >= 0.6 is 0 Å². The number of rotatable bonds is 7. The van der Waals surface area contributed by atoms with Crippen molar-refractivity contribution in [2.45, 2.75) is 25.3 Å². The Morgan fingerprint density at radius 3 is 2.40 bits per heavy atom. The van der Waals surface area contributed by atoms with E-state index in [0.717, 1.165) is 17.6 Å². The maximum Gasteiger partial charge on any atom is 0.417 e. The number of aliphatic hydroxyl groups excluding tert-OH is 2. The van der Waals surface area contributed by atoms with Crippen molar-refractivity contribution in [3.8, 4) is 17.3 Å². The number of nitrogens with zero attached hydrogens (tertiary/aromatic N) is 2. The quantitative estimate of drug-likeness (QED) is 0.365. The van der Waals surface area contributed by atoms with Crippen LogP contribution in [-0.2, 0) is 15.7 Å². The van der Waals surface area contributed by atoms with Crippen molar-refractivity contribution < 1.29 is 37.7 Å². The third-order valence-electron chi connectivity index (χ3n) is 5.29. The number of alkyl halides is 3. The Balaban J connectivity index is 1.60. The van der Waals surface area contributed by atoms with Gasteiger partial charge in [0.2, 0.25) is 5.88 Å². The predicted molar refractivity (Wildman–Crippen MR) is 120 cm³/mol. The van der Waals surface area contributed by atoms with Gasteiger partial charge in [-0.1, -0.05) is 18.2 Å². The summed E-state index contributed by atoms with van der Waals surface area (Å²) in [4.78, 5) is 15.6. The topological polar surface area (TPSA) is 93.8 Å². The van der Waals surface area contributed by atoms with E-state index in [4.69, 9.17) is 9.47 Å². The monoisotopic (exact) mass is 486 g/mol. The highest BCUT2D eigenvalue weighted by atomic mass is 19.4. The number of carbonyl (C=O) groups is 1. The van der Waals surface area contributed by atoms with Crippen LogP contribution in [0.2, 0.25) is 0 Å². The average molecular weight is 486 g/mol. The number of hydrogen-bond donors (Lipinski definition) is 2. The lowest BCUT2D eigenvalue weighted by molar-refractivity contribution is -0.159. The standard InChI is InChI=1S/C25H21F3N2O5/c1-2-34-24(33)23(32)22(31)19-14-30(20-6-4-3-5-18(19)20)16-8-10-17(11-9-16)35-21-12-7-15(13-29-21)25(26,27)28/h3-14,22-23,31-32H,2H2,1H3/t22-,23+/m1/s1. The number of para-hydroxylation sites is 1. The maximum atomic E-state index is 12.7. The largest absolute Gasteiger partial charge is 0.464 e. The molecular formula is C25H21F3N2O5. The Kier molecular flexibility index (Phi) is 6.77. The van der Waals surface area contributed by atoms with Gasteiger partial charge in [-0.05, 0) is 43.3 Å². The first-order valence-electron chi connectivity index (χ1n) is 10.6. The summed E-state index contributed by atoms with van der Waals surface area (Å²) < 4.78 is 50.2. The second-order valence-corrected chi connectivity index (χ2v) is 7.59. The normalized spacial score (nSPS) is 13.4. The molecule has 0 unspecified atom stereocenters. The van der Waals surface area contributed by atoms with Crippen LogP contribution in [0.1, 0.15) is 24.2 Å². The molecule has 2 aromatic carbocycles. The van der Waals surface area contributed by atoms with Gasteiger partial charge in [0.1, 0.15) is 11.9 Å². The van der Waals surface area contributed by atoms with Crippen LogP contribution in [0.4, 0.5) is 13.2 Å². The van der Waals surface area contributed by atoms with Gasteiger partial charge in [-0.3, -0.25) is 0 Å². The molecule has 0 aliphatic heterocycles. The molecule has 0 aliphatic carbocycles. The van der Waals surface area contributed by atoms with Gasteiger partial charge in [0.05, 0.1) is 17.7 Å². The minimum absolute atomic E-state index is 0.00975. The molecular weight excluding hydrogens is 465 g/mol. The summed E-state index contributed by atoms with van der Waals surface area (Å²) in [6, 6.07) is 15.8. The predicted octanol–water partition coefficient (Wildman–Crippen LogP) is 4.79. The molecule has 0 saturated heterocycles. The molecule has 2 N–H and O–H groups in total. The number of hydrogen-bond acceptors (Lipinski definition) is 6. The Morgan fingerprint density at radius 2 is 1.77 bits per heavy atom. The van der Waals surface area contributed by atoms with E-state index in [-0.39, 0.29) is 12.5 Å². The summed E-state index contributed by atoms with van der Waals surface area (Å²) in [6.45, 7) is 1.67. The first-order chi connectivity index (χ1) is 16.7. The van der Waals surface area contributed by atoms with Crippen LogP contribution in [0.3, 0.4) is 0 Å². The number of carbonyl (C=O) groups excluding carboxylic acids is 1. The van der Waals surface area contributed by atoms with Gasteiger partial charge >= 0.3 is 12.1 Å². The van der Waals surface area contributed by atoms with Gasteiger partial charge in [-0.15, -0.1) is 0 Å². The van der Waals surface area contributed by atoms with E-state index in [9.17, 15) is 28.2 Å². The minimum atomic E-state index is -4.48. The van der Waals surface area contributed by atoms with E-state index in [2.05, 4.69) is 4.98 Å². The van der Waals surface area contributed by atoms with E-state index < -0.39 is 29.9 Å².